The molecule has 31 heavy (non-hydrogen) atoms. The molecule has 0 aliphatic rings. The van der Waals surface area contributed by atoms with E-state index >= 15 is 0 Å². The Labute approximate surface area is 190 Å². The van der Waals surface area contributed by atoms with Gasteiger partial charge in [0.1, 0.15) is 0 Å². The lowest BCUT2D eigenvalue weighted by Crippen LogP contribution is -1.89. The van der Waals surface area contributed by atoms with E-state index in [0.29, 0.717) is 0 Å². The Morgan fingerprint density at radius 2 is 0.935 bits per heavy atom. The molecule has 0 saturated carbocycles. The standard InChI is InChI=1S/C29H20S2/c1-3-13-26-24(9-1)18-28(30-26)22-11-5-7-20(16-22)15-21-8-6-12-23(17-21)29-19-25-10-2-4-14-27(25)31-29/h1-14,16-19H,15H2. The fraction of sp³-hybridized carbons (Fsp3) is 0.0345. The minimum atomic E-state index is 0.942. The van der Waals surface area contributed by atoms with E-state index in [9.17, 15) is 0 Å². The second kappa shape index (κ2) is 7.81. The van der Waals surface area contributed by atoms with E-state index in [1.165, 1.54) is 52.2 Å². The average molecular weight is 433 g/mol. The molecule has 6 aromatic rings. The molecule has 0 unspecified atom stereocenters. The molecule has 2 heteroatoms. The number of thiophene rings is 2. The summed E-state index contributed by atoms with van der Waals surface area (Å²) in [6.07, 6.45) is 0.942. The maximum Gasteiger partial charge on any atom is 0.0355 e. The van der Waals surface area contributed by atoms with Gasteiger partial charge in [0.25, 0.3) is 0 Å². The Morgan fingerprint density at radius 1 is 0.452 bits per heavy atom. The molecule has 2 heterocycles. The third kappa shape index (κ3) is 3.69. The molecular formula is C29H20S2. The fourth-order valence-corrected chi connectivity index (χ4v) is 6.27. The van der Waals surface area contributed by atoms with Crippen molar-refractivity contribution in [1.29, 1.82) is 0 Å². The largest absolute Gasteiger partial charge is 0.135 e. The lowest BCUT2D eigenvalue weighted by atomic mass is 10.00. The van der Waals surface area contributed by atoms with Crippen LogP contribution in [0.3, 0.4) is 0 Å². The van der Waals surface area contributed by atoms with E-state index in [4.69, 9.17) is 0 Å². The summed E-state index contributed by atoms with van der Waals surface area (Å²) >= 11 is 3.74. The lowest BCUT2D eigenvalue weighted by Gasteiger charge is -2.06. The summed E-state index contributed by atoms with van der Waals surface area (Å²) in [7, 11) is 0. The smallest absolute Gasteiger partial charge is 0.0355 e. The molecule has 0 nitrogen and oxygen atoms in total. The van der Waals surface area contributed by atoms with Gasteiger partial charge >= 0.3 is 0 Å². The van der Waals surface area contributed by atoms with E-state index < -0.39 is 0 Å². The Balaban J connectivity index is 1.30. The summed E-state index contributed by atoms with van der Waals surface area (Å²) in [4.78, 5) is 2.67. The number of rotatable bonds is 4. The monoisotopic (exact) mass is 432 g/mol. The molecule has 0 radical (unpaired) electrons. The molecule has 0 bridgehead atoms. The van der Waals surface area contributed by atoms with Crippen molar-refractivity contribution in [2.75, 3.05) is 0 Å². The van der Waals surface area contributed by atoms with E-state index in [0.717, 1.165) is 6.42 Å². The van der Waals surface area contributed by atoms with Crippen LogP contribution in [0.1, 0.15) is 11.1 Å². The van der Waals surface area contributed by atoms with Gasteiger partial charge in [-0.1, -0.05) is 84.9 Å². The van der Waals surface area contributed by atoms with E-state index in [2.05, 4.69) is 109 Å². The summed E-state index contributed by atoms with van der Waals surface area (Å²) < 4.78 is 2.69. The molecule has 0 spiro atoms. The van der Waals surface area contributed by atoms with Gasteiger partial charge in [0.15, 0.2) is 0 Å². The Kier molecular flexibility index (Phi) is 4.67. The van der Waals surface area contributed by atoms with E-state index in [1.54, 1.807) is 0 Å². The summed E-state index contributed by atoms with van der Waals surface area (Å²) in [5, 5.41) is 2.65. The molecule has 0 aliphatic heterocycles. The van der Waals surface area contributed by atoms with Crippen LogP contribution in [0.25, 0.3) is 41.1 Å². The number of benzene rings is 4. The molecule has 2 aromatic heterocycles. The van der Waals surface area contributed by atoms with Crippen LogP contribution in [0.15, 0.2) is 109 Å². The fourth-order valence-electron chi connectivity index (χ4n) is 4.15. The van der Waals surface area contributed by atoms with Gasteiger partial charge in [0.05, 0.1) is 0 Å². The van der Waals surface area contributed by atoms with Gasteiger partial charge in [-0.3, -0.25) is 0 Å². The number of hydrogen-bond donors (Lipinski definition) is 0. The van der Waals surface area contributed by atoms with Crippen LogP contribution in [0.5, 0.6) is 0 Å². The zero-order valence-corrected chi connectivity index (χ0v) is 18.5. The highest BCUT2D eigenvalue weighted by Crippen LogP contribution is 2.35. The summed E-state index contributed by atoms with van der Waals surface area (Å²) in [6, 6.07) is 39.8. The van der Waals surface area contributed by atoms with Crippen LogP contribution in [-0.4, -0.2) is 0 Å². The minimum Gasteiger partial charge on any atom is -0.135 e. The van der Waals surface area contributed by atoms with Crippen molar-refractivity contribution >= 4 is 42.8 Å². The van der Waals surface area contributed by atoms with Crippen LogP contribution in [0.4, 0.5) is 0 Å². The van der Waals surface area contributed by atoms with Gasteiger partial charge in [-0.15, -0.1) is 22.7 Å². The van der Waals surface area contributed by atoms with E-state index in [-0.39, 0.29) is 0 Å². The van der Waals surface area contributed by atoms with Crippen LogP contribution >= 0.6 is 22.7 Å². The zero-order valence-electron chi connectivity index (χ0n) is 16.9. The quantitative estimate of drug-likeness (QED) is 0.261. The summed E-state index contributed by atoms with van der Waals surface area (Å²) in [6.45, 7) is 0. The predicted molar refractivity (Wildman–Crippen MR) is 137 cm³/mol. The topological polar surface area (TPSA) is 0 Å². The molecule has 0 saturated heterocycles. The highest BCUT2D eigenvalue weighted by molar-refractivity contribution is 7.22. The van der Waals surface area contributed by atoms with Crippen molar-refractivity contribution in [3.63, 3.8) is 0 Å². The third-order valence-corrected chi connectivity index (χ3v) is 8.01. The molecular weight excluding hydrogens is 412 g/mol. The van der Waals surface area contributed by atoms with Crippen molar-refractivity contribution < 1.29 is 0 Å². The molecule has 0 N–H and O–H groups in total. The average Bonchev–Trinajstić information content (AvgIpc) is 3.44. The zero-order chi connectivity index (χ0) is 20.6. The first-order valence-corrected chi connectivity index (χ1v) is 12.1. The molecule has 0 fully saturated rings. The normalized spacial score (nSPS) is 11.4. The summed E-state index contributed by atoms with van der Waals surface area (Å²) in [5.41, 5.74) is 5.31. The number of hydrogen-bond acceptors (Lipinski definition) is 2. The van der Waals surface area contributed by atoms with Gasteiger partial charge in [0.2, 0.25) is 0 Å². The van der Waals surface area contributed by atoms with Crippen LogP contribution in [0, 0.1) is 0 Å². The first-order chi connectivity index (χ1) is 15.3. The predicted octanol–water partition coefficient (Wildman–Crippen LogP) is 9.04. The van der Waals surface area contributed by atoms with Gasteiger partial charge in [-0.05, 0) is 63.7 Å². The Hall–Kier alpha value is -3.20. The molecule has 148 valence electrons. The van der Waals surface area contributed by atoms with Crippen LogP contribution in [-0.2, 0) is 6.42 Å². The van der Waals surface area contributed by atoms with Crippen molar-refractivity contribution in [1.82, 2.24) is 0 Å². The van der Waals surface area contributed by atoms with E-state index in [1.807, 2.05) is 22.7 Å². The SMILES string of the molecule is c1cc(Cc2cccc(-c3cc4ccccc4s3)c2)cc(-c2cc3ccccc3s2)c1. The van der Waals surface area contributed by atoms with Crippen LogP contribution in [0.2, 0.25) is 0 Å². The number of fused-ring (bicyclic) bond motifs is 2. The van der Waals surface area contributed by atoms with Gasteiger partial charge in [-0.25, -0.2) is 0 Å². The maximum absolute atomic E-state index is 2.34. The lowest BCUT2D eigenvalue weighted by molar-refractivity contribution is 1.20. The van der Waals surface area contributed by atoms with Crippen molar-refractivity contribution in [3.8, 4) is 20.9 Å². The molecule has 6 rings (SSSR count). The Morgan fingerprint density at radius 3 is 1.42 bits per heavy atom. The van der Waals surface area contributed by atoms with Gasteiger partial charge in [0, 0.05) is 19.2 Å². The highest BCUT2D eigenvalue weighted by atomic mass is 32.1. The molecule has 0 atom stereocenters. The van der Waals surface area contributed by atoms with Crippen LogP contribution < -0.4 is 0 Å². The van der Waals surface area contributed by atoms with Gasteiger partial charge < -0.3 is 0 Å². The molecule has 4 aromatic carbocycles. The molecule has 0 aliphatic carbocycles. The second-order valence-electron chi connectivity index (χ2n) is 7.87. The summed E-state index contributed by atoms with van der Waals surface area (Å²) in [5.74, 6) is 0. The second-order valence-corrected chi connectivity index (χ2v) is 10.0. The third-order valence-electron chi connectivity index (χ3n) is 5.68. The maximum atomic E-state index is 2.34. The first-order valence-electron chi connectivity index (χ1n) is 10.5. The van der Waals surface area contributed by atoms with Crippen molar-refractivity contribution in [2.45, 2.75) is 6.42 Å². The van der Waals surface area contributed by atoms with Gasteiger partial charge in [-0.2, -0.15) is 0 Å². The minimum absolute atomic E-state index is 0.942. The molecule has 0 amide bonds. The first kappa shape index (κ1) is 18.6. The van der Waals surface area contributed by atoms with Crippen molar-refractivity contribution in [2.24, 2.45) is 0 Å². The highest BCUT2D eigenvalue weighted by Gasteiger charge is 2.07. The van der Waals surface area contributed by atoms with Crippen molar-refractivity contribution in [3.05, 3.63) is 120 Å². The Bertz CT molecular complexity index is 1330.